The fraction of sp³-hybridized carbons (Fsp3) is 0.389. The molecule has 132 valence electrons. The van der Waals surface area contributed by atoms with E-state index in [0.717, 1.165) is 22.7 Å². The summed E-state index contributed by atoms with van der Waals surface area (Å²) in [6.45, 7) is 0.159. The van der Waals surface area contributed by atoms with Crippen molar-refractivity contribution < 1.29 is 8.78 Å². The van der Waals surface area contributed by atoms with Gasteiger partial charge in [-0.1, -0.05) is 12.1 Å². The average Bonchev–Trinajstić information content (AvgIpc) is 3.00. The number of anilines is 1. The average molecular weight is 345 g/mol. The maximum absolute atomic E-state index is 13.4. The van der Waals surface area contributed by atoms with Crippen molar-refractivity contribution in [3.8, 4) is 0 Å². The molecular formula is C18H21F2N5. The summed E-state index contributed by atoms with van der Waals surface area (Å²) >= 11 is 0. The molecule has 2 aliphatic rings. The molecule has 0 bridgehead atoms. The zero-order valence-corrected chi connectivity index (χ0v) is 14.6. The first-order chi connectivity index (χ1) is 12.0. The lowest BCUT2D eigenvalue weighted by Gasteiger charge is -2.22. The van der Waals surface area contributed by atoms with Crippen LogP contribution in [-0.2, 0) is 0 Å². The third kappa shape index (κ3) is 3.45. The Hall–Kier alpha value is -2.57. The number of hydrogen-bond acceptors (Lipinski definition) is 4. The predicted octanol–water partition coefficient (Wildman–Crippen LogP) is 2.65. The molecule has 0 amide bonds. The summed E-state index contributed by atoms with van der Waals surface area (Å²) in [6.07, 6.45) is 1.82. The first kappa shape index (κ1) is 17.3. The smallest absolute Gasteiger partial charge is 0.266 e. The van der Waals surface area contributed by atoms with E-state index in [2.05, 4.69) is 20.3 Å². The van der Waals surface area contributed by atoms with Crippen LogP contribution in [0.1, 0.15) is 12.0 Å². The van der Waals surface area contributed by atoms with Crippen molar-refractivity contribution in [1.82, 2.24) is 5.32 Å². The Labute approximate surface area is 145 Å². The molecule has 2 heterocycles. The molecule has 1 N–H and O–H groups in total. The van der Waals surface area contributed by atoms with E-state index in [1.54, 1.807) is 26.0 Å². The fourth-order valence-corrected chi connectivity index (χ4v) is 3.07. The molecule has 0 spiro atoms. The third-order valence-electron chi connectivity index (χ3n) is 4.40. The van der Waals surface area contributed by atoms with Gasteiger partial charge in [0.15, 0.2) is 5.84 Å². The Balaban J connectivity index is 1.86. The van der Waals surface area contributed by atoms with Crippen molar-refractivity contribution in [2.45, 2.75) is 12.3 Å². The number of allylic oxidation sites excluding steroid dienone is 1. The molecule has 0 radical (unpaired) electrons. The minimum absolute atomic E-state index is 0.0900. The van der Waals surface area contributed by atoms with E-state index in [-0.39, 0.29) is 13.0 Å². The Morgan fingerprint density at radius 2 is 1.76 bits per heavy atom. The summed E-state index contributed by atoms with van der Waals surface area (Å²) in [6, 6.07) is 7.57. The van der Waals surface area contributed by atoms with Crippen molar-refractivity contribution in [3.63, 3.8) is 0 Å². The second-order valence-corrected chi connectivity index (χ2v) is 6.01. The van der Waals surface area contributed by atoms with Gasteiger partial charge in [-0.25, -0.2) is 8.78 Å². The van der Waals surface area contributed by atoms with Gasteiger partial charge >= 0.3 is 0 Å². The van der Waals surface area contributed by atoms with Crippen LogP contribution < -0.4 is 10.2 Å². The molecule has 0 unspecified atom stereocenters. The number of nitrogens with zero attached hydrogens (tertiary/aromatic N) is 4. The number of hydrogen-bond donors (Lipinski definition) is 1. The van der Waals surface area contributed by atoms with Crippen LogP contribution in [0, 0.1) is 0 Å². The summed E-state index contributed by atoms with van der Waals surface area (Å²) in [5.41, 5.74) is 4.06. The van der Waals surface area contributed by atoms with Crippen molar-refractivity contribution in [3.05, 3.63) is 35.9 Å². The monoisotopic (exact) mass is 345 g/mol. The summed E-state index contributed by atoms with van der Waals surface area (Å²) in [4.78, 5) is 14.4. The second-order valence-electron chi connectivity index (χ2n) is 6.01. The summed E-state index contributed by atoms with van der Waals surface area (Å²) in [5, 5.41) is 3.25. The molecule has 3 rings (SSSR count). The number of benzene rings is 1. The summed E-state index contributed by atoms with van der Waals surface area (Å²) in [5.74, 6) is -1.94. The number of amidine groups is 1. The van der Waals surface area contributed by atoms with Gasteiger partial charge in [0.2, 0.25) is 0 Å². The largest absolute Gasteiger partial charge is 0.365 e. The van der Waals surface area contributed by atoms with Crippen LogP contribution in [0.25, 0.3) is 5.70 Å². The molecule has 1 aromatic carbocycles. The number of alkyl halides is 2. The molecule has 1 saturated heterocycles. The second kappa shape index (κ2) is 6.74. The zero-order valence-electron chi connectivity index (χ0n) is 14.6. The van der Waals surface area contributed by atoms with Crippen LogP contribution in [0.15, 0.2) is 45.3 Å². The molecule has 5 nitrogen and oxygen atoms in total. The predicted molar refractivity (Wildman–Crippen MR) is 99.4 cm³/mol. The van der Waals surface area contributed by atoms with Crippen LogP contribution in [0.2, 0.25) is 0 Å². The van der Waals surface area contributed by atoms with Crippen LogP contribution in [0.5, 0.6) is 0 Å². The van der Waals surface area contributed by atoms with Gasteiger partial charge in [0.25, 0.3) is 5.92 Å². The van der Waals surface area contributed by atoms with E-state index in [1.807, 2.05) is 30.3 Å². The van der Waals surface area contributed by atoms with Crippen LogP contribution in [0.4, 0.5) is 14.5 Å². The van der Waals surface area contributed by atoms with Crippen molar-refractivity contribution in [2.24, 2.45) is 15.0 Å². The lowest BCUT2D eigenvalue weighted by atomic mass is 10.0. The van der Waals surface area contributed by atoms with Gasteiger partial charge in [-0.15, -0.1) is 0 Å². The summed E-state index contributed by atoms with van der Waals surface area (Å²) < 4.78 is 26.8. The van der Waals surface area contributed by atoms with Gasteiger partial charge in [-0.2, -0.15) is 0 Å². The highest BCUT2D eigenvalue weighted by molar-refractivity contribution is 6.72. The third-order valence-corrected chi connectivity index (χ3v) is 4.40. The SMILES string of the molecule is CN=C1C=C(c2ccc(N3CCC(F)(F)C3)cc2)NC(=NC)C1=NC. The highest BCUT2D eigenvalue weighted by Gasteiger charge is 2.38. The van der Waals surface area contributed by atoms with Crippen molar-refractivity contribution >= 4 is 28.6 Å². The molecule has 7 heteroatoms. The van der Waals surface area contributed by atoms with Gasteiger partial charge < -0.3 is 10.2 Å². The van der Waals surface area contributed by atoms with Gasteiger partial charge in [-0.05, 0) is 23.8 Å². The van der Waals surface area contributed by atoms with Crippen LogP contribution in [-0.4, -0.2) is 57.4 Å². The minimum Gasteiger partial charge on any atom is -0.365 e. The Kier molecular flexibility index (Phi) is 4.65. The number of halogens is 2. The first-order valence-electron chi connectivity index (χ1n) is 8.10. The minimum atomic E-state index is -2.60. The molecule has 1 aromatic rings. The summed E-state index contributed by atoms with van der Waals surface area (Å²) in [7, 11) is 5.11. The van der Waals surface area contributed by atoms with Gasteiger partial charge in [0.05, 0.1) is 12.3 Å². The van der Waals surface area contributed by atoms with E-state index >= 15 is 0 Å². The van der Waals surface area contributed by atoms with Gasteiger partial charge in [0, 0.05) is 45.5 Å². The van der Waals surface area contributed by atoms with Crippen molar-refractivity contribution in [2.75, 3.05) is 39.1 Å². The molecule has 2 aliphatic heterocycles. The zero-order chi connectivity index (χ0) is 18.0. The molecule has 0 saturated carbocycles. The number of aliphatic imine (C=N–C) groups is 3. The van der Waals surface area contributed by atoms with Gasteiger partial charge in [0.1, 0.15) is 5.71 Å². The fourth-order valence-electron chi connectivity index (χ4n) is 3.07. The normalized spacial score (nSPS) is 24.8. The van der Waals surface area contributed by atoms with Crippen LogP contribution >= 0.6 is 0 Å². The molecule has 0 atom stereocenters. The standard InChI is InChI=1S/C18H21F2N5/c1-21-15-10-14(24-17(23-3)16(15)22-2)12-4-6-13(7-5-12)25-9-8-18(19,20)11-25/h4-7,10H,8-9,11H2,1-3H3,(H,23,24). The molecule has 0 aliphatic carbocycles. The Morgan fingerprint density at radius 3 is 2.28 bits per heavy atom. The van der Waals surface area contributed by atoms with E-state index in [9.17, 15) is 8.78 Å². The van der Waals surface area contributed by atoms with Gasteiger partial charge in [-0.3, -0.25) is 15.0 Å². The molecular weight excluding hydrogens is 324 g/mol. The number of nitrogens with one attached hydrogen (secondary N) is 1. The van der Waals surface area contributed by atoms with E-state index in [0.29, 0.717) is 18.1 Å². The van der Waals surface area contributed by atoms with Crippen molar-refractivity contribution in [1.29, 1.82) is 0 Å². The highest BCUT2D eigenvalue weighted by atomic mass is 19.3. The van der Waals surface area contributed by atoms with Crippen LogP contribution in [0.3, 0.4) is 0 Å². The maximum atomic E-state index is 13.4. The quantitative estimate of drug-likeness (QED) is 0.896. The lowest BCUT2D eigenvalue weighted by Crippen LogP contribution is -2.39. The van der Waals surface area contributed by atoms with E-state index in [1.165, 1.54) is 0 Å². The lowest BCUT2D eigenvalue weighted by molar-refractivity contribution is 0.0257. The highest BCUT2D eigenvalue weighted by Crippen LogP contribution is 2.31. The van der Waals surface area contributed by atoms with E-state index in [4.69, 9.17) is 0 Å². The molecule has 0 aromatic heterocycles. The Morgan fingerprint density at radius 1 is 1.04 bits per heavy atom. The van der Waals surface area contributed by atoms with E-state index < -0.39 is 5.92 Å². The number of rotatable bonds is 2. The maximum Gasteiger partial charge on any atom is 0.266 e. The molecule has 25 heavy (non-hydrogen) atoms. The molecule has 1 fully saturated rings. The first-order valence-corrected chi connectivity index (χ1v) is 8.10. The Bertz CT molecular complexity index is 775. The topological polar surface area (TPSA) is 52.3 Å².